The van der Waals surface area contributed by atoms with Crippen LogP contribution in [0, 0.1) is 0 Å². The molecule has 1 heterocycles. The zero-order valence-electron chi connectivity index (χ0n) is 26.7. The Morgan fingerprint density at radius 3 is 2.12 bits per heavy atom. The van der Waals surface area contributed by atoms with E-state index in [1.54, 1.807) is 17.0 Å². The van der Waals surface area contributed by atoms with Crippen LogP contribution in [-0.2, 0) is 32.4 Å². The predicted molar refractivity (Wildman–Crippen MR) is 171 cm³/mol. The van der Waals surface area contributed by atoms with E-state index in [2.05, 4.69) is 50.3 Å². The van der Waals surface area contributed by atoms with Gasteiger partial charge in [0.05, 0.1) is 11.3 Å². The Kier molecular flexibility index (Phi) is 10.8. The minimum Gasteiger partial charge on any atom is -0.444 e. The monoisotopic (exact) mass is 596 g/mol. The largest absolute Gasteiger partial charge is 0.444 e. The van der Waals surface area contributed by atoms with Crippen LogP contribution in [0.25, 0.3) is 5.57 Å². The number of carbonyl (C=O) groups excluding carboxylic acids is 2. The minimum absolute atomic E-state index is 0.0112. The van der Waals surface area contributed by atoms with Crippen LogP contribution in [0.5, 0.6) is 0 Å². The molecule has 0 aromatic heterocycles. The van der Waals surface area contributed by atoms with Crippen LogP contribution in [0.15, 0.2) is 51.7 Å². The molecule has 1 unspecified atom stereocenters. The summed E-state index contributed by atoms with van der Waals surface area (Å²) in [6.07, 6.45) is 2.61. The Bertz CT molecular complexity index is 1410. The molecule has 0 radical (unpaired) electrons. The lowest BCUT2D eigenvalue weighted by atomic mass is 9.83. The number of hydrogen-bond acceptors (Lipinski definition) is 5. The van der Waals surface area contributed by atoms with E-state index in [0.717, 1.165) is 46.4 Å². The predicted octanol–water partition coefficient (Wildman–Crippen LogP) is 6.49. The van der Waals surface area contributed by atoms with E-state index in [9.17, 15) is 13.8 Å². The number of ether oxygens (including phenoxy) is 1. The van der Waals surface area contributed by atoms with Crippen LogP contribution >= 0.6 is 0 Å². The number of amides is 2. The summed E-state index contributed by atoms with van der Waals surface area (Å²) in [4.78, 5) is 30.2. The second kappa shape index (κ2) is 13.5. The van der Waals surface area contributed by atoms with E-state index in [0.29, 0.717) is 18.0 Å². The summed E-state index contributed by atoms with van der Waals surface area (Å²) in [6.45, 7) is 15.8. The van der Waals surface area contributed by atoms with Crippen molar-refractivity contribution in [1.29, 1.82) is 0 Å². The van der Waals surface area contributed by atoms with Gasteiger partial charge in [-0.25, -0.2) is 14.1 Å². The summed E-state index contributed by atoms with van der Waals surface area (Å²) in [5, 5.41) is 6.12. The smallest absolute Gasteiger partial charge is 0.410 e. The first-order chi connectivity index (χ1) is 19.5. The van der Waals surface area contributed by atoms with Crippen molar-refractivity contribution in [3.05, 3.63) is 70.3 Å². The van der Waals surface area contributed by atoms with Gasteiger partial charge in [-0.05, 0) is 98.6 Å². The van der Waals surface area contributed by atoms with Gasteiger partial charge < -0.3 is 14.5 Å². The number of hydrogen-bond donors (Lipinski definition) is 1. The molecule has 230 valence electrons. The van der Waals surface area contributed by atoms with Crippen molar-refractivity contribution >= 4 is 27.5 Å². The lowest BCUT2D eigenvalue weighted by molar-refractivity contribution is -0.117. The second-order valence-corrected chi connectivity index (χ2v) is 14.8. The van der Waals surface area contributed by atoms with Crippen molar-refractivity contribution in [1.82, 2.24) is 9.80 Å². The maximum atomic E-state index is 13.3. The fraction of sp³-hybridized carbons (Fsp3) is 0.515. The highest BCUT2D eigenvalue weighted by atomic mass is 32.2. The van der Waals surface area contributed by atoms with Gasteiger partial charge in [-0.2, -0.15) is 0 Å². The number of benzene rings is 2. The maximum absolute atomic E-state index is 13.3. The number of carbonyl (C=O) groups is 2. The first-order valence-electron chi connectivity index (χ1n) is 14.6. The third-order valence-electron chi connectivity index (χ3n) is 7.06. The summed E-state index contributed by atoms with van der Waals surface area (Å²) in [6, 6.07) is 11.3. The van der Waals surface area contributed by atoms with Gasteiger partial charge >= 0.3 is 6.09 Å². The molecule has 1 aliphatic rings. The van der Waals surface area contributed by atoms with Gasteiger partial charge in [-0.3, -0.25) is 4.79 Å². The summed E-state index contributed by atoms with van der Waals surface area (Å²) in [7, 11) is 0.558. The third-order valence-corrected chi connectivity index (χ3v) is 8.48. The first kappa shape index (κ1) is 33.5. The van der Waals surface area contributed by atoms with Crippen LogP contribution in [0.3, 0.4) is 0 Å². The van der Waals surface area contributed by atoms with Crippen LogP contribution in [-0.4, -0.2) is 58.8 Å². The van der Waals surface area contributed by atoms with Crippen LogP contribution in [0.4, 0.5) is 4.79 Å². The molecule has 2 amide bonds. The Hall–Kier alpha value is -3.01. The Labute approximate surface area is 252 Å². The van der Waals surface area contributed by atoms with Crippen molar-refractivity contribution in [2.45, 2.75) is 90.2 Å². The lowest BCUT2D eigenvalue weighted by Crippen LogP contribution is -2.39. The molecule has 2 aromatic carbocycles. The van der Waals surface area contributed by atoms with Crippen LogP contribution in [0.1, 0.15) is 94.5 Å². The van der Waals surface area contributed by atoms with Crippen molar-refractivity contribution in [2.75, 3.05) is 27.2 Å². The molecule has 2 N–H and O–H groups in total. The highest BCUT2D eigenvalue weighted by molar-refractivity contribution is 7.91. The molecule has 0 fully saturated rings. The Morgan fingerprint density at radius 1 is 1.05 bits per heavy atom. The van der Waals surface area contributed by atoms with Crippen molar-refractivity contribution in [3.63, 3.8) is 0 Å². The first-order valence-corrected chi connectivity index (χ1v) is 16.2. The molecule has 1 atom stereocenters. The summed E-state index contributed by atoms with van der Waals surface area (Å²) in [5.74, 6) is -0.254. The van der Waals surface area contributed by atoms with Gasteiger partial charge in [0.15, 0.2) is 0 Å². The molecular formula is C33H48N4O4S. The molecular weight excluding hydrogens is 548 g/mol. The second-order valence-electron chi connectivity index (χ2n) is 13.0. The zero-order chi connectivity index (χ0) is 31.4. The molecule has 9 heteroatoms. The SMILES string of the molecule is CC(C)c1cc(C2=CCCN(C(=O)OC(C)(C)C)C2)cc(C(C)C)c1CC(=O)N=S(N)(=O)c1ccc(CN(C)C)cc1. The summed E-state index contributed by atoms with van der Waals surface area (Å²) in [5.41, 5.74) is 5.55. The average molecular weight is 597 g/mol. The maximum Gasteiger partial charge on any atom is 0.410 e. The molecule has 0 bridgehead atoms. The standard InChI is InChI=1S/C33H48N4O4S/c1-22(2)28-17-26(25-11-10-16-37(21-25)32(39)41-33(5,6)7)18-29(23(3)4)30(28)19-31(38)35-42(34,40)27-14-12-24(13-15-27)20-36(8)9/h11-15,17-18,22-23H,10,16,19-21H2,1-9H3,(H2,34,35,38,40). The topological polar surface area (TPSA) is 105 Å². The lowest BCUT2D eigenvalue weighted by Gasteiger charge is -2.31. The van der Waals surface area contributed by atoms with E-state index in [-0.39, 0.29) is 24.3 Å². The van der Waals surface area contributed by atoms with E-state index in [1.807, 2.05) is 51.9 Å². The number of rotatable bonds is 8. The van der Waals surface area contributed by atoms with E-state index in [4.69, 9.17) is 9.88 Å². The molecule has 3 rings (SSSR count). The van der Waals surface area contributed by atoms with E-state index < -0.39 is 21.4 Å². The Morgan fingerprint density at radius 2 is 1.62 bits per heavy atom. The molecule has 42 heavy (non-hydrogen) atoms. The fourth-order valence-electron chi connectivity index (χ4n) is 5.12. The van der Waals surface area contributed by atoms with Gasteiger partial charge in [-0.1, -0.05) is 58.0 Å². The van der Waals surface area contributed by atoms with Crippen molar-refractivity contribution < 1.29 is 18.5 Å². The molecule has 2 aromatic rings. The summed E-state index contributed by atoms with van der Waals surface area (Å²) >= 11 is 0. The molecule has 8 nitrogen and oxygen atoms in total. The quantitative estimate of drug-likeness (QED) is 0.375. The van der Waals surface area contributed by atoms with Crippen molar-refractivity contribution in [3.8, 4) is 0 Å². The van der Waals surface area contributed by atoms with Crippen LogP contribution < -0.4 is 5.14 Å². The Balaban J connectivity index is 1.93. The third kappa shape index (κ3) is 8.99. The average Bonchev–Trinajstić information content (AvgIpc) is 2.87. The highest BCUT2D eigenvalue weighted by Gasteiger charge is 2.26. The van der Waals surface area contributed by atoms with Gasteiger partial charge in [0, 0.05) is 19.6 Å². The van der Waals surface area contributed by atoms with Gasteiger partial charge in [0.1, 0.15) is 15.5 Å². The van der Waals surface area contributed by atoms with Crippen LogP contribution in [0.2, 0.25) is 0 Å². The molecule has 0 saturated heterocycles. The van der Waals surface area contributed by atoms with E-state index >= 15 is 0 Å². The van der Waals surface area contributed by atoms with Gasteiger partial charge in [-0.15, -0.1) is 4.36 Å². The van der Waals surface area contributed by atoms with Crippen molar-refractivity contribution in [2.24, 2.45) is 9.50 Å². The number of nitrogens with two attached hydrogens (primary N) is 1. The number of nitrogens with zero attached hydrogens (tertiary/aromatic N) is 3. The summed E-state index contributed by atoms with van der Waals surface area (Å²) < 4.78 is 23.0. The normalized spacial score (nSPS) is 15.5. The van der Waals surface area contributed by atoms with Gasteiger partial charge in [0.25, 0.3) is 5.91 Å². The molecule has 0 saturated carbocycles. The fourth-order valence-corrected chi connectivity index (χ4v) is 6.11. The molecule has 0 spiro atoms. The van der Waals surface area contributed by atoms with E-state index in [1.165, 1.54) is 0 Å². The minimum atomic E-state index is -3.39. The molecule has 0 aliphatic carbocycles. The highest BCUT2D eigenvalue weighted by Crippen LogP contribution is 2.34. The van der Waals surface area contributed by atoms with Gasteiger partial charge in [0.2, 0.25) is 0 Å². The molecule has 1 aliphatic heterocycles. The zero-order valence-corrected chi connectivity index (χ0v) is 27.5.